The molecule has 1 aromatic rings. The Kier molecular flexibility index (Phi) is 3.95. The molecule has 0 bridgehead atoms. The van der Waals surface area contributed by atoms with Crippen LogP contribution >= 0.6 is 0 Å². The first kappa shape index (κ1) is 14.4. The summed E-state index contributed by atoms with van der Waals surface area (Å²) in [6.45, 7) is 5.06. The molecule has 0 atom stereocenters. The number of hydrogen-bond acceptors (Lipinski definition) is 1. The van der Waals surface area contributed by atoms with Crippen molar-refractivity contribution in [3.8, 4) is 0 Å². The van der Waals surface area contributed by atoms with Crippen LogP contribution in [0.5, 0.6) is 0 Å². The fraction of sp³-hybridized carbons (Fsp3) is 0.625. The first-order chi connectivity index (χ1) is 8.87. The highest BCUT2D eigenvalue weighted by molar-refractivity contribution is 5.21. The standard InChI is InChI=1S/C16H23F2N/c1-15(2)6-8-16(11-19,9-7-15)10-12-4-3-5-13(17)14(12)18/h3-5H,6-11,19H2,1-2H3. The first-order valence-electron chi connectivity index (χ1n) is 7.01. The Morgan fingerprint density at radius 3 is 2.32 bits per heavy atom. The molecule has 106 valence electrons. The number of halogens is 2. The van der Waals surface area contributed by atoms with E-state index in [0.29, 0.717) is 23.9 Å². The zero-order valence-corrected chi connectivity index (χ0v) is 11.8. The summed E-state index contributed by atoms with van der Waals surface area (Å²) in [5.41, 5.74) is 6.69. The summed E-state index contributed by atoms with van der Waals surface area (Å²) < 4.78 is 27.1. The fourth-order valence-corrected chi connectivity index (χ4v) is 3.00. The van der Waals surface area contributed by atoms with Crippen LogP contribution in [0.1, 0.15) is 45.1 Å². The molecule has 0 aromatic heterocycles. The second-order valence-corrected chi connectivity index (χ2v) is 6.76. The van der Waals surface area contributed by atoms with Crippen molar-refractivity contribution < 1.29 is 8.78 Å². The van der Waals surface area contributed by atoms with Gasteiger partial charge >= 0.3 is 0 Å². The topological polar surface area (TPSA) is 26.0 Å². The van der Waals surface area contributed by atoms with Gasteiger partial charge in [-0.3, -0.25) is 0 Å². The van der Waals surface area contributed by atoms with Crippen molar-refractivity contribution in [3.05, 3.63) is 35.4 Å². The zero-order valence-electron chi connectivity index (χ0n) is 11.8. The van der Waals surface area contributed by atoms with E-state index in [0.717, 1.165) is 31.7 Å². The molecule has 0 heterocycles. The molecule has 1 aliphatic carbocycles. The van der Waals surface area contributed by atoms with Gasteiger partial charge in [0.05, 0.1) is 0 Å². The first-order valence-corrected chi connectivity index (χ1v) is 7.01. The zero-order chi connectivity index (χ0) is 14.1. The molecular formula is C16H23F2N. The van der Waals surface area contributed by atoms with Gasteiger partial charge in [-0.15, -0.1) is 0 Å². The van der Waals surface area contributed by atoms with E-state index < -0.39 is 11.6 Å². The van der Waals surface area contributed by atoms with E-state index in [-0.39, 0.29) is 5.41 Å². The second-order valence-electron chi connectivity index (χ2n) is 6.76. The normalized spacial score (nSPS) is 21.3. The molecule has 1 nitrogen and oxygen atoms in total. The van der Waals surface area contributed by atoms with Crippen molar-refractivity contribution in [1.29, 1.82) is 0 Å². The molecule has 0 aliphatic heterocycles. The van der Waals surface area contributed by atoms with Crippen LogP contribution in [0.25, 0.3) is 0 Å². The van der Waals surface area contributed by atoms with Crippen LogP contribution in [0.4, 0.5) is 8.78 Å². The van der Waals surface area contributed by atoms with E-state index in [2.05, 4.69) is 13.8 Å². The largest absolute Gasteiger partial charge is 0.330 e. The number of benzene rings is 1. The van der Waals surface area contributed by atoms with Gasteiger partial charge in [-0.25, -0.2) is 8.78 Å². The maximum atomic E-state index is 13.8. The molecule has 1 aliphatic rings. The highest BCUT2D eigenvalue weighted by Crippen LogP contribution is 2.46. The monoisotopic (exact) mass is 267 g/mol. The van der Waals surface area contributed by atoms with Crippen LogP contribution in [0.2, 0.25) is 0 Å². The Morgan fingerprint density at radius 1 is 1.11 bits per heavy atom. The molecule has 3 heteroatoms. The summed E-state index contributed by atoms with van der Waals surface area (Å²) >= 11 is 0. The van der Waals surface area contributed by atoms with Gasteiger partial charge in [0.25, 0.3) is 0 Å². The van der Waals surface area contributed by atoms with Crippen molar-refractivity contribution in [1.82, 2.24) is 0 Å². The lowest BCUT2D eigenvalue weighted by molar-refractivity contribution is 0.107. The molecule has 1 aromatic carbocycles. The Morgan fingerprint density at radius 2 is 1.74 bits per heavy atom. The number of nitrogens with two attached hydrogens (primary N) is 1. The summed E-state index contributed by atoms with van der Waals surface area (Å²) in [4.78, 5) is 0. The third-order valence-corrected chi connectivity index (χ3v) is 4.69. The SMILES string of the molecule is CC1(C)CCC(CN)(Cc2cccc(F)c2F)CC1. The third kappa shape index (κ3) is 3.14. The predicted octanol–water partition coefficient (Wildman–Crippen LogP) is 4.05. The molecule has 0 amide bonds. The van der Waals surface area contributed by atoms with Gasteiger partial charge in [0, 0.05) is 0 Å². The molecule has 19 heavy (non-hydrogen) atoms. The molecule has 0 unspecified atom stereocenters. The van der Waals surface area contributed by atoms with Crippen LogP contribution in [-0.2, 0) is 6.42 Å². The third-order valence-electron chi connectivity index (χ3n) is 4.69. The van der Waals surface area contributed by atoms with Gasteiger partial charge in [0.2, 0.25) is 0 Å². The van der Waals surface area contributed by atoms with Crippen LogP contribution in [0.3, 0.4) is 0 Å². The van der Waals surface area contributed by atoms with Gasteiger partial charge in [-0.05, 0) is 61.1 Å². The lowest BCUT2D eigenvalue weighted by Crippen LogP contribution is -2.39. The number of hydrogen-bond donors (Lipinski definition) is 1. The van der Waals surface area contributed by atoms with E-state index in [1.165, 1.54) is 0 Å². The van der Waals surface area contributed by atoms with Crippen molar-refractivity contribution in [2.75, 3.05) is 6.54 Å². The summed E-state index contributed by atoms with van der Waals surface area (Å²) in [5.74, 6) is -1.47. The van der Waals surface area contributed by atoms with Crippen molar-refractivity contribution in [3.63, 3.8) is 0 Å². The minimum atomic E-state index is -0.763. The molecule has 0 radical (unpaired) electrons. The Bertz CT molecular complexity index is 444. The average molecular weight is 267 g/mol. The summed E-state index contributed by atoms with van der Waals surface area (Å²) in [6, 6.07) is 4.41. The van der Waals surface area contributed by atoms with E-state index in [4.69, 9.17) is 5.73 Å². The minimum Gasteiger partial charge on any atom is -0.330 e. The summed E-state index contributed by atoms with van der Waals surface area (Å²) in [5, 5.41) is 0. The smallest absolute Gasteiger partial charge is 0.162 e. The quantitative estimate of drug-likeness (QED) is 0.878. The van der Waals surface area contributed by atoms with Crippen LogP contribution < -0.4 is 5.73 Å². The Labute approximate surface area is 114 Å². The van der Waals surface area contributed by atoms with Crippen molar-refractivity contribution in [2.45, 2.75) is 46.0 Å². The fourth-order valence-electron chi connectivity index (χ4n) is 3.00. The van der Waals surface area contributed by atoms with Crippen LogP contribution in [-0.4, -0.2) is 6.54 Å². The Balaban J connectivity index is 2.18. The highest BCUT2D eigenvalue weighted by Gasteiger charge is 2.37. The van der Waals surface area contributed by atoms with Crippen LogP contribution in [0.15, 0.2) is 18.2 Å². The van der Waals surface area contributed by atoms with Gasteiger partial charge in [0.1, 0.15) is 0 Å². The van der Waals surface area contributed by atoms with E-state index >= 15 is 0 Å². The van der Waals surface area contributed by atoms with Crippen LogP contribution in [0, 0.1) is 22.5 Å². The molecule has 2 rings (SSSR count). The van der Waals surface area contributed by atoms with Crippen molar-refractivity contribution in [2.24, 2.45) is 16.6 Å². The average Bonchev–Trinajstić information content (AvgIpc) is 2.38. The summed E-state index contributed by atoms with van der Waals surface area (Å²) in [7, 11) is 0. The lowest BCUT2D eigenvalue weighted by Gasteiger charge is -2.43. The van der Waals surface area contributed by atoms with Gasteiger partial charge in [-0.1, -0.05) is 26.0 Å². The van der Waals surface area contributed by atoms with Crippen molar-refractivity contribution >= 4 is 0 Å². The van der Waals surface area contributed by atoms with Gasteiger partial charge in [0.15, 0.2) is 11.6 Å². The highest BCUT2D eigenvalue weighted by atomic mass is 19.2. The maximum absolute atomic E-state index is 13.8. The van der Waals surface area contributed by atoms with E-state index in [9.17, 15) is 8.78 Å². The molecular weight excluding hydrogens is 244 g/mol. The molecule has 1 saturated carbocycles. The lowest BCUT2D eigenvalue weighted by atomic mass is 9.63. The summed E-state index contributed by atoms with van der Waals surface area (Å²) in [6.07, 6.45) is 4.73. The van der Waals surface area contributed by atoms with Gasteiger partial charge in [-0.2, -0.15) is 0 Å². The molecule has 2 N–H and O–H groups in total. The number of rotatable bonds is 3. The Hall–Kier alpha value is -0.960. The second kappa shape index (κ2) is 5.20. The van der Waals surface area contributed by atoms with E-state index in [1.54, 1.807) is 12.1 Å². The molecule has 0 spiro atoms. The minimum absolute atomic E-state index is 0.0653. The van der Waals surface area contributed by atoms with Gasteiger partial charge < -0.3 is 5.73 Å². The predicted molar refractivity (Wildman–Crippen MR) is 73.8 cm³/mol. The maximum Gasteiger partial charge on any atom is 0.162 e. The molecule has 0 saturated heterocycles. The van der Waals surface area contributed by atoms with E-state index in [1.807, 2.05) is 0 Å². The molecule has 1 fully saturated rings.